The standard InChI is InChI=1S/C24H22N2O7S/c1-30-18-4-6-20(7-5-18)34(28,29)26(15-19-3-2-8-31-19)14-17-11-16-12-22-23(33-10-9-32-22)13-21(16)25-24(17)27/h2-8,11-13H,9-10,14-15H2,1H3,(H,25,27). The van der Waals surface area contributed by atoms with Gasteiger partial charge < -0.3 is 23.6 Å². The summed E-state index contributed by atoms with van der Waals surface area (Å²) in [6.07, 6.45) is 1.47. The number of aromatic nitrogens is 1. The second kappa shape index (κ2) is 8.88. The Hall–Kier alpha value is -3.76. The number of nitrogens with one attached hydrogen (secondary N) is 1. The minimum absolute atomic E-state index is 0.0417. The van der Waals surface area contributed by atoms with Crippen LogP contribution in [0.25, 0.3) is 10.9 Å². The van der Waals surface area contributed by atoms with Gasteiger partial charge in [-0.05, 0) is 48.5 Å². The monoisotopic (exact) mass is 482 g/mol. The van der Waals surface area contributed by atoms with Crippen molar-refractivity contribution in [2.75, 3.05) is 20.3 Å². The summed E-state index contributed by atoms with van der Waals surface area (Å²) >= 11 is 0. The molecule has 176 valence electrons. The van der Waals surface area contributed by atoms with Gasteiger partial charge in [0.05, 0.1) is 30.3 Å². The molecule has 4 aromatic rings. The van der Waals surface area contributed by atoms with Crippen LogP contribution in [0.2, 0.25) is 0 Å². The zero-order valence-electron chi connectivity index (χ0n) is 18.3. The lowest BCUT2D eigenvalue weighted by molar-refractivity contribution is 0.172. The summed E-state index contributed by atoms with van der Waals surface area (Å²) in [4.78, 5) is 15.8. The van der Waals surface area contributed by atoms with Crippen LogP contribution in [0.4, 0.5) is 0 Å². The van der Waals surface area contributed by atoms with E-state index in [1.807, 2.05) is 0 Å². The van der Waals surface area contributed by atoms with Crippen LogP contribution in [0.5, 0.6) is 17.2 Å². The van der Waals surface area contributed by atoms with Crippen molar-refractivity contribution in [3.8, 4) is 17.2 Å². The van der Waals surface area contributed by atoms with Crippen LogP contribution in [0, 0.1) is 0 Å². The van der Waals surface area contributed by atoms with Crippen LogP contribution in [0.15, 0.2) is 75.0 Å². The van der Waals surface area contributed by atoms with Crippen molar-refractivity contribution in [2.45, 2.75) is 18.0 Å². The van der Waals surface area contributed by atoms with Gasteiger partial charge in [-0.3, -0.25) is 4.79 Å². The Kier molecular flexibility index (Phi) is 5.76. The van der Waals surface area contributed by atoms with E-state index in [2.05, 4.69) is 4.98 Å². The van der Waals surface area contributed by atoms with E-state index in [1.54, 1.807) is 42.5 Å². The molecule has 0 amide bonds. The summed E-state index contributed by atoms with van der Waals surface area (Å²) in [5.74, 6) is 2.13. The molecule has 1 N–H and O–H groups in total. The Morgan fingerprint density at radius 3 is 2.41 bits per heavy atom. The Balaban J connectivity index is 1.54. The maximum atomic E-state index is 13.5. The van der Waals surface area contributed by atoms with Gasteiger partial charge in [-0.1, -0.05) is 0 Å². The van der Waals surface area contributed by atoms with Gasteiger partial charge >= 0.3 is 0 Å². The molecule has 10 heteroatoms. The second-order valence-corrected chi connectivity index (χ2v) is 9.67. The minimum atomic E-state index is -3.96. The van der Waals surface area contributed by atoms with E-state index in [0.717, 1.165) is 0 Å². The number of hydrogen-bond acceptors (Lipinski definition) is 7. The first-order valence-electron chi connectivity index (χ1n) is 10.6. The first-order chi connectivity index (χ1) is 16.4. The number of sulfonamides is 1. The van der Waals surface area contributed by atoms with Crippen LogP contribution >= 0.6 is 0 Å². The average Bonchev–Trinajstić information content (AvgIpc) is 3.36. The van der Waals surface area contributed by atoms with Crippen molar-refractivity contribution in [1.29, 1.82) is 0 Å². The molecule has 1 aliphatic rings. The third-order valence-corrected chi connectivity index (χ3v) is 7.35. The van der Waals surface area contributed by atoms with E-state index in [-0.39, 0.29) is 23.5 Å². The number of methoxy groups -OCH3 is 1. The van der Waals surface area contributed by atoms with E-state index in [9.17, 15) is 13.2 Å². The van der Waals surface area contributed by atoms with Gasteiger partial charge in [0.2, 0.25) is 10.0 Å². The van der Waals surface area contributed by atoms with Crippen molar-refractivity contribution >= 4 is 20.9 Å². The molecule has 3 heterocycles. The molecule has 2 aromatic heterocycles. The molecule has 0 atom stereocenters. The molecule has 0 fully saturated rings. The van der Waals surface area contributed by atoms with Crippen molar-refractivity contribution in [3.05, 3.63) is 82.5 Å². The van der Waals surface area contributed by atoms with Gasteiger partial charge in [0.25, 0.3) is 5.56 Å². The number of furan rings is 1. The Labute approximate surface area is 195 Å². The van der Waals surface area contributed by atoms with Gasteiger partial charge in [0, 0.05) is 23.6 Å². The molecule has 0 saturated carbocycles. The van der Waals surface area contributed by atoms with Gasteiger partial charge in [-0.2, -0.15) is 4.31 Å². The van der Waals surface area contributed by atoms with Crippen LogP contribution in [0.1, 0.15) is 11.3 Å². The highest BCUT2D eigenvalue weighted by atomic mass is 32.2. The fraction of sp³-hybridized carbons (Fsp3) is 0.208. The summed E-state index contributed by atoms with van der Waals surface area (Å²) in [6, 6.07) is 14.6. The number of H-pyrrole nitrogens is 1. The topological polar surface area (TPSA) is 111 Å². The molecule has 2 aromatic carbocycles. The van der Waals surface area contributed by atoms with Crippen LogP contribution < -0.4 is 19.8 Å². The molecule has 0 saturated heterocycles. The van der Waals surface area contributed by atoms with E-state index in [1.165, 1.54) is 29.8 Å². The zero-order chi connectivity index (χ0) is 23.7. The molecule has 0 unspecified atom stereocenters. The van der Waals surface area contributed by atoms with Gasteiger partial charge in [-0.15, -0.1) is 0 Å². The fourth-order valence-electron chi connectivity index (χ4n) is 3.79. The number of hydrogen-bond donors (Lipinski definition) is 1. The van der Waals surface area contributed by atoms with Gasteiger partial charge in [0.15, 0.2) is 11.5 Å². The molecule has 0 radical (unpaired) electrons. The van der Waals surface area contributed by atoms with E-state index in [0.29, 0.717) is 47.1 Å². The summed E-state index contributed by atoms with van der Waals surface area (Å²) < 4.78 is 50.0. The first-order valence-corrected chi connectivity index (χ1v) is 12.0. The summed E-state index contributed by atoms with van der Waals surface area (Å²) in [5.41, 5.74) is 0.472. The molecule has 34 heavy (non-hydrogen) atoms. The highest BCUT2D eigenvalue weighted by Gasteiger charge is 2.27. The minimum Gasteiger partial charge on any atom is -0.497 e. The maximum Gasteiger partial charge on any atom is 0.252 e. The summed E-state index contributed by atoms with van der Waals surface area (Å²) in [6.45, 7) is 0.673. The fourth-order valence-corrected chi connectivity index (χ4v) is 5.18. The van der Waals surface area contributed by atoms with Crippen LogP contribution in [-0.2, 0) is 23.1 Å². The average molecular weight is 483 g/mol. The third-order valence-electron chi connectivity index (χ3n) is 5.54. The Morgan fingerprint density at radius 1 is 1.00 bits per heavy atom. The number of ether oxygens (including phenoxy) is 3. The van der Waals surface area contributed by atoms with Crippen LogP contribution in [-0.4, -0.2) is 38.0 Å². The van der Waals surface area contributed by atoms with E-state index < -0.39 is 15.6 Å². The largest absolute Gasteiger partial charge is 0.497 e. The molecule has 0 bridgehead atoms. The number of rotatable bonds is 7. The molecule has 0 spiro atoms. The van der Waals surface area contributed by atoms with Crippen molar-refractivity contribution in [2.24, 2.45) is 0 Å². The van der Waals surface area contributed by atoms with Crippen molar-refractivity contribution < 1.29 is 27.0 Å². The third kappa shape index (κ3) is 4.25. The number of fused-ring (bicyclic) bond motifs is 2. The smallest absolute Gasteiger partial charge is 0.252 e. The lowest BCUT2D eigenvalue weighted by atomic mass is 10.1. The Morgan fingerprint density at radius 2 is 1.74 bits per heavy atom. The summed E-state index contributed by atoms with van der Waals surface area (Å²) in [7, 11) is -2.46. The van der Waals surface area contributed by atoms with Crippen molar-refractivity contribution in [3.63, 3.8) is 0 Å². The normalized spacial score (nSPS) is 13.4. The van der Waals surface area contributed by atoms with Gasteiger partial charge in [0.1, 0.15) is 24.7 Å². The van der Waals surface area contributed by atoms with E-state index in [4.69, 9.17) is 18.6 Å². The van der Waals surface area contributed by atoms with Gasteiger partial charge in [-0.25, -0.2) is 8.42 Å². The quantitative estimate of drug-likeness (QED) is 0.430. The predicted molar refractivity (Wildman–Crippen MR) is 124 cm³/mol. The molecule has 1 aliphatic heterocycles. The van der Waals surface area contributed by atoms with Crippen LogP contribution in [0.3, 0.4) is 0 Å². The second-order valence-electron chi connectivity index (χ2n) is 7.73. The van der Waals surface area contributed by atoms with E-state index >= 15 is 0 Å². The maximum absolute atomic E-state index is 13.5. The molecule has 9 nitrogen and oxygen atoms in total. The highest BCUT2D eigenvalue weighted by molar-refractivity contribution is 7.89. The summed E-state index contributed by atoms with van der Waals surface area (Å²) in [5, 5.41) is 0.707. The zero-order valence-corrected chi connectivity index (χ0v) is 19.1. The number of pyridine rings is 1. The Bertz CT molecular complexity index is 1480. The lowest BCUT2D eigenvalue weighted by Gasteiger charge is -2.22. The first kappa shape index (κ1) is 22.1. The lowest BCUT2D eigenvalue weighted by Crippen LogP contribution is -2.32. The van der Waals surface area contributed by atoms with Crippen molar-refractivity contribution in [1.82, 2.24) is 9.29 Å². The molecular weight excluding hydrogens is 460 g/mol. The predicted octanol–water partition coefficient (Wildman–Crippen LogP) is 3.29. The number of nitrogens with zero attached hydrogens (tertiary/aromatic N) is 1. The molecular formula is C24H22N2O7S. The number of aromatic amines is 1. The number of benzene rings is 2. The molecule has 5 rings (SSSR count). The SMILES string of the molecule is COc1ccc(S(=O)(=O)N(Cc2ccco2)Cc2cc3cc4c(cc3[nH]c2=O)OCCO4)cc1. The molecule has 0 aliphatic carbocycles. The highest BCUT2D eigenvalue weighted by Crippen LogP contribution is 2.34.